The lowest BCUT2D eigenvalue weighted by atomic mass is 10.1. The Morgan fingerprint density at radius 1 is 1.36 bits per heavy atom. The Labute approximate surface area is 88.2 Å². The normalized spacial score (nSPS) is 27.4. The fourth-order valence-corrected chi connectivity index (χ4v) is 1.97. The Morgan fingerprint density at radius 2 is 1.93 bits per heavy atom. The number of carbonyl (C=O) groups is 2. The minimum absolute atomic E-state index is 0.0939. The average Bonchev–Trinajstić information content (AvgIpc) is 2.22. The first-order valence-electron chi connectivity index (χ1n) is 4.50. The molecule has 1 aliphatic heterocycles. The molecule has 0 saturated carbocycles. The highest BCUT2D eigenvalue weighted by molar-refractivity contribution is 8.00. The first-order valence-corrected chi connectivity index (χ1v) is 5.49. The second-order valence-corrected chi connectivity index (χ2v) is 6.44. The molecule has 0 aliphatic carbocycles. The second kappa shape index (κ2) is 3.46. The van der Waals surface area contributed by atoms with Crippen molar-refractivity contribution in [3.05, 3.63) is 0 Å². The number of imide groups is 1. The van der Waals surface area contributed by atoms with E-state index in [9.17, 15) is 9.59 Å². The molecule has 3 amide bonds. The smallest absolute Gasteiger partial charge is 0.322 e. The summed E-state index contributed by atoms with van der Waals surface area (Å²) < 4.78 is 0.0939. The predicted molar refractivity (Wildman–Crippen MR) is 57.3 cm³/mol. The number of hydrogen-bond donors (Lipinski definition) is 2. The van der Waals surface area contributed by atoms with E-state index in [4.69, 9.17) is 0 Å². The van der Waals surface area contributed by atoms with Crippen LogP contribution in [0, 0.1) is 0 Å². The highest BCUT2D eigenvalue weighted by Gasteiger charge is 2.42. The van der Waals surface area contributed by atoms with Crippen molar-refractivity contribution < 1.29 is 9.59 Å². The number of carbonyl (C=O) groups excluding carboxylic acids is 2. The van der Waals surface area contributed by atoms with Crippen LogP contribution < -0.4 is 10.6 Å². The summed E-state index contributed by atoms with van der Waals surface area (Å²) >= 11 is 1.66. The molecule has 1 heterocycles. The molecule has 80 valence electrons. The summed E-state index contributed by atoms with van der Waals surface area (Å²) in [5, 5.41) is 4.87. The third-order valence-corrected chi connectivity index (χ3v) is 3.50. The van der Waals surface area contributed by atoms with Crippen LogP contribution in [0.15, 0.2) is 0 Å². The Morgan fingerprint density at radius 3 is 2.29 bits per heavy atom. The third-order valence-electron chi connectivity index (χ3n) is 1.91. The van der Waals surface area contributed by atoms with Gasteiger partial charge in [0.05, 0.1) is 0 Å². The summed E-state index contributed by atoms with van der Waals surface area (Å²) in [6.07, 6.45) is 0. The van der Waals surface area contributed by atoms with E-state index in [-0.39, 0.29) is 10.7 Å². The van der Waals surface area contributed by atoms with E-state index in [1.807, 2.05) is 0 Å². The van der Waals surface area contributed by atoms with Gasteiger partial charge in [0.1, 0.15) is 5.54 Å². The van der Waals surface area contributed by atoms with Crippen molar-refractivity contribution in [1.82, 2.24) is 10.6 Å². The van der Waals surface area contributed by atoms with Crippen LogP contribution >= 0.6 is 11.8 Å². The van der Waals surface area contributed by atoms with Gasteiger partial charge < -0.3 is 5.32 Å². The first-order chi connectivity index (χ1) is 6.23. The van der Waals surface area contributed by atoms with Gasteiger partial charge in [-0.05, 0) is 6.92 Å². The van der Waals surface area contributed by atoms with Crippen molar-refractivity contribution >= 4 is 23.7 Å². The molecule has 0 aromatic rings. The van der Waals surface area contributed by atoms with E-state index < -0.39 is 11.6 Å². The molecule has 1 aliphatic rings. The zero-order valence-electron chi connectivity index (χ0n) is 8.93. The number of rotatable bonds is 2. The van der Waals surface area contributed by atoms with Gasteiger partial charge in [-0.25, -0.2) is 4.79 Å². The number of urea groups is 1. The summed E-state index contributed by atoms with van der Waals surface area (Å²) in [6.45, 7) is 7.98. The van der Waals surface area contributed by atoms with Gasteiger partial charge in [-0.15, -0.1) is 0 Å². The zero-order chi connectivity index (χ0) is 11.0. The molecular weight excluding hydrogens is 200 g/mol. The van der Waals surface area contributed by atoms with Crippen molar-refractivity contribution in [2.75, 3.05) is 5.75 Å². The molecule has 2 N–H and O–H groups in total. The van der Waals surface area contributed by atoms with Gasteiger partial charge in [-0.1, -0.05) is 20.8 Å². The topological polar surface area (TPSA) is 58.2 Å². The molecule has 0 unspecified atom stereocenters. The van der Waals surface area contributed by atoms with Gasteiger partial charge >= 0.3 is 6.03 Å². The first kappa shape index (κ1) is 11.4. The molecule has 1 atom stereocenters. The number of nitrogens with one attached hydrogen (secondary N) is 2. The largest absolute Gasteiger partial charge is 0.323 e. The average molecular weight is 216 g/mol. The summed E-state index contributed by atoms with van der Waals surface area (Å²) in [4.78, 5) is 22.4. The molecule has 0 radical (unpaired) electrons. The van der Waals surface area contributed by atoms with E-state index in [0.29, 0.717) is 5.75 Å². The van der Waals surface area contributed by atoms with Crippen LogP contribution in [0.4, 0.5) is 4.79 Å². The maximum absolute atomic E-state index is 11.4. The molecule has 1 fully saturated rings. The van der Waals surface area contributed by atoms with Gasteiger partial charge in [0.15, 0.2) is 0 Å². The van der Waals surface area contributed by atoms with Gasteiger partial charge in [0.25, 0.3) is 5.91 Å². The molecular formula is C9H16N2O2S. The van der Waals surface area contributed by atoms with Gasteiger partial charge in [0, 0.05) is 10.5 Å². The van der Waals surface area contributed by atoms with Crippen molar-refractivity contribution in [1.29, 1.82) is 0 Å². The molecule has 0 spiro atoms. The summed E-state index contributed by atoms with van der Waals surface area (Å²) in [5.41, 5.74) is -0.755. The quantitative estimate of drug-likeness (QED) is 0.680. The molecule has 0 bridgehead atoms. The Kier molecular flexibility index (Phi) is 2.81. The van der Waals surface area contributed by atoms with Crippen LogP contribution in [-0.2, 0) is 4.79 Å². The lowest BCUT2D eigenvalue weighted by molar-refractivity contribution is -0.122. The number of hydrogen-bond acceptors (Lipinski definition) is 3. The van der Waals surface area contributed by atoms with Crippen molar-refractivity contribution in [2.45, 2.75) is 38.0 Å². The van der Waals surface area contributed by atoms with Crippen LogP contribution in [0.5, 0.6) is 0 Å². The summed E-state index contributed by atoms with van der Waals surface area (Å²) in [6, 6.07) is -0.396. The van der Waals surface area contributed by atoms with Crippen LogP contribution in [0.25, 0.3) is 0 Å². The van der Waals surface area contributed by atoms with E-state index >= 15 is 0 Å². The van der Waals surface area contributed by atoms with Crippen LogP contribution in [0.3, 0.4) is 0 Å². The Hall–Kier alpha value is -0.710. The molecule has 1 rings (SSSR count). The number of amides is 3. The minimum atomic E-state index is -0.755. The highest BCUT2D eigenvalue weighted by Crippen LogP contribution is 2.28. The zero-order valence-corrected chi connectivity index (χ0v) is 9.75. The maximum atomic E-state index is 11.4. The van der Waals surface area contributed by atoms with Crippen molar-refractivity contribution in [2.24, 2.45) is 0 Å². The minimum Gasteiger partial charge on any atom is -0.323 e. The van der Waals surface area contributed by atoms with Gasteiger partial charge in [-0.2, -0.15) is 11.8 Å². The second-order valence-electron chi connectivity index (χ2n) is 4.64. The monoisotopic (exact) mass is 216 g/mol. The van der Waals surface area contributed by atoms with E-state index in [2.05, 4.69) is 31.4 Å². The Balaban J connectivity index is 2.59. The van der Waals surface area contributed by atoms with Gasteiger partial charge in [0.2, 0.25) is 0 Å². The van der Waals surface area contributed by atoms with E-state index in [1.165, 1.54) is 0 Å². The highest BCUT2D eigenvalue weighted by atomic mass is 32.2. The lowest BCUT2D eigenvalue weighted by Gasteiger charge is -2.25. The maximum Gasteiger partial charge on any atom is 0.322 e. The molecule has 0 aromatic heterocycles. The van der Waals surface area contributed by atoms with Crippen molar-refractivity contribution in [3.8, 4) is 0 Å². The summed E-state index contributed by atoms with van der Waals surface area (Å²) in [5.74, 6) is 0.355. The Bertz CT molecular complexity index is 272. The lowest BCUT2D eigenvalue weighted by Crippen LogP contribution is -2.46. The van der Waals surface area contributed by atoms with Crippen LogP contribution in [0.1, 0.15) is 27.7 Å². The fourth-order valence-electron chi connectivity index (χ4n) is 1.04. The standard InChI is InChI=1S/C9H16N2O2S/c1-8(2,3)14-5-9(4)6(12)10-7(13)11-9/h5H2,1-4H3,(H2,10,11,12,13)/t9-/m1/s1. The molecule has 4 nitrogen and oxygen atoms in total. The fraction of sp³-hybridized carbons (Fsp3) is 0.778. The van der Waals surface area contributed by atoms with E-state index in [1.54, 1.807) is 18.7 Å². The molecule has 0 aromatic carbocycles. The van der Waals surface area contributed by atoms with Crippen LogP contribution in [-0.4, -0.2) is 28.0 Å². The molecule has 5 heteroatoms. The number of thioether (sulfide) groups is 1. The van der Waals surface area contributed by atoms with Crippen LogP contribution in [0.2, 0.25) is 0 Å². The third kappa shape index (κ3) is 2.64. The SMILES string of the molecule is CC(C)(C)SC[C@@]1(C)NC(=O)NC1=O. The molecule has 1 saturated heterocycles. The molecule has 14 heavy (non-hydrogen) atoms. The predicted octanol–water partition coefficient (Wildman–Crippen LogP) is 1.12. The van der Waals surface area contributed by atoms with E-state index in [0.717, 1.165) is 0 Å². The van der Waals surface area contributed by atoms with Gasteiger partial charge in [-0.3, -0.25) is 10.1 Å². The van der Waals surface area contributed by atoms with Crippen molar-refractivity contribution in [3.63, 3.8) is 0 Å². The summed E-state index contributed by atoms with van der Waals surface area (Å²) in [7, 11) is 0.